The Balaban J connectivity index is 1.84. The molecular formula is C14H17BrN2O. The van der Waals surface area contributed by atoms with Gasteiger partial charge in [-0.15, -0.1) is 0 Å². The molecule has 0 aromatic heterocycles. The molecule has 18 heavy (non-hydrogen) atoms. The van der Waals surface area contributed by atoms with E-state index in [1.54, 1.807) is 0 Å². The predicted octanol–water partition coefficient (Wildman–Crippen LogP) is 1.91. The zero-order chi connectivity index (χ0) is 12.6. The van der Waals surface area contributed by atoms with Crippen molar-refractivity contribution in [3.63, 3.8) is 0 Å². The molecule has 1 aliphatic heterocycles. The maximum atomic E-state index is 12.7. The maximum absolute atomic E-state index is 12.7. The number of hydrogen-bond acceptors (Lipinski definition) is 2. The fraction of sp³-hybridized carbons (Fsp3) is 0.500. The number of rotatable bonds is 2. The van der Waals surface area contributed by atoms with Gasteiger partial charge >= 0.3 is 0 Å². The van der Waals surface area contributed by atoms with E-state index in [1.807, 2.05) is 17.0 Å². The highest BCUT2D eigenvalue weighted by molar-refractivity contribution is 9.10. The minimum Gasteiger partial charge on any atom is -0.339 e. The lowest BCUT2D eigenvalue weighted by molar-refractivity contribution is -0.134. The van der Waals surface area contributed by atoms with Crippen LogP contribution in [0.3, 0.4) is 0 Å². The van der Waals surface area contributed by atoms with E-state index in [4.69, 9.17) is 0 Å². The number of nitrogens with one attached hydrogen (secondary N) is 1. The molecular weight excluding hydrogens is 292 g/mol. The second-order valence-corrected chi connectivity index (χ2v) is 6.05. The van der Waals surface area contributed by atoms with Crippen molar-refractivity contribution in [3.05, 3.63) is 34.3 Å². The van der Waals surface area contributed by atoms with E-state index in [0.29, 0.717) is 5.91 Å². The molecule has 0 radical (unpaired) electrons. The van der Waals surface area contributed by atoms with Crippen molar-refractivity contribution in [2.75, 3.05) is 26.2 Å². The number of hydrogen-bond donors (Lipinski definition) is 1. The Hall–Kier alpha value is -0.870. The fourth-order valence-corrected chi connectivity index (χ4v) is 3.11. The molecule has 1 saturated heterocycles. The quantitative estimate of drug-likeness (QED) is 0.905. The number of amides is 1. The zero-order valence-electron chi connectivity index (χ0n) is 10.3. The van der Waals surface area contributed by atoms with Gasteiger partial charge in [0.15, 0.2) is 0 Å². The first-order valence-corrected chi connectivity index (χ1v) is 7.28. The summed E-state index contributed by atoms with van der Waals surface area (Å²) in [6.45, 7) is 3.52. The molecule has 1 saturated carbocycles. The summed E-state index contributed by atoms with van der Waals surface area (Å²) in [5.41, 5.74) is 0.946. The van der Waals surface area contributed by atoms with Crippen molar-refractivity contribution in [2.45, 2.75) is 18.3 Å². The van der Waals surface area contributed by atoms with Gasteiger partial charge in [0, 0.05) is 30.7 Å². The van der Waals surface area contributed by atoms with Crippen LogP contribution in [0.4, 0.5) is 0 Å². The molecule has 96 valence electrons. The molecule has 1 heterocycles. The van der Waals surface area contributed by atoms with Gasteiger partial charge in [-0.2, -0.15) is 0 Å². The van der Waals surface area contributed by atoms with Gasteiger partial charge in [0.05, 0.1) is 5.41 Å². The topological polar surface area (TPSA) is 32.3 Å². The van der Waals surface area contributed by atoms with Gasteiger partial charge in [-0.25, -0.2) is 0 Å². The van der Waals surface area contributed by atoms with E-state index in [2.05, 4.69) is 33.4 Å². The molecule has 2 aliphatic rings. The number of nitrogens with zero attached hydrogens (tertiary/aromatic N) is 1. The van der Waals surface area contributed by atoms with Crippen LogP contribution in [0.1, 0.15) is 18.4 Å². The molecule has 1 amide bonds. The van der Waals surface area contributed by atoms with Crippen LogP contribution in [0, 0.1) is 0 Å². The first kappa shape index (κ1) is 12.2. The van der Waals surface area contributed by atoms with Crippen LogP contribution in [0.25, 0.3) is 0 Å². The minimum absolute atomic E-state index is 0.221. The average Bonchev–Trinajstić information content (AvgIpc) is 3.20. The molecule has 1 aromatic rings. The lowest BCUT2D eigenvalue weighted by atomic mass is 9.94. The van der Waals surface area contributed by atoms with E-state index >= 15 is 0 Å². The molecule has 4 heteroatoms. The zero-order valence-corrected chi connectivity index (χ0v) is 11.9. The Morgan fingerprint density at radius 1 is 1.28 bits per heavy atom. The third-order valence-corrected chi connectivity index (χ3v) is 4.43. The summed E-state index contributed by atoms with van der Waals surface area (Å²) in [7, 11) is 0. The Morgan fingerprint density at radius 2 is 2.00 bits per heavy atom. The lowest BCUT2D eigenvalue weighted by Crippen LogP contribution is -2.49. The second kappa shape index (κ2) is 4.67. The van der Waals surface area contributed by atoms with Gasteiger partial charge in [0.25, 0.3) is 0 Å². The molecule has 0 bridgehead atoms. The Labute approximate surface area is 116 Å². The molecule has 3 rings (SSSR count). The number of halogens is 1. The highest BCUT2D eigenvalue weighted by Crippen LogP contribution is 2.50. The standard InChI is InChI=1S/C14H17BrN2O/c15-12-3-1-2-11(10-12)14(4-5-14)13(18)17-8-6-16-7-9-17/h1-3,10,16H,4-9H2. The number of carbonyl (C=O) groups excluding carboxylic acids is 1. The molecule has 0 spiro atoms. The van der Waals surface area contributed by atoms with Gasteiger partial charge in [-0.1, -0.05) is 28.1 Å². The minimum atomic E-state index is -0.221. The van der Waals surface area contributed by atoms with Gasteiger partial charge in [0.1, 0.15) is 0 Å². The lowest BCUT2D eigenvalue weighted by Gasteiger charge is -2.31. The molecule has 1 aromatic carbocycles. The Kier molecular flexibility index (Phi) is 3.16. The normalized spacial score (nSPS) is 21.7. The summed E-state index contributed by atoms with van der Waals surface area (Å²) in [6, 6.07) is 8.20. The van der Waals surface area contributed by atoms with Crippen LogP contribution in [0.2, 0.25) is 0 Å². The van der Waals surface area contributed by atoms with E-state index in [-0.39, 0.29) is 5.41 Å². The average molecular weight is 309 g/mol. The first-order valence-electron chi connectivity index (χ1n) is 6.48. The molecule has 0 atom stereocenters. The summed E-state index contributed by atoms with van der Waals surface area (Å²) >= 11 is 3.49. The molecule has 2 fully saturated rings. The fourth-order valence-electron chi connectivity index (χ4n) is 2.71. The Bertz CT molecular complexity index is 465. The van der Waals surface area contributed by atoms with Crippen molar-refractivity contribution < 1.29 is 4.79 Å². The van der Waals surface area contributed by atoms with Crippen LogP contribution in [0.15, 0.2) is 28.7 Å². The summed E-state index contributed by atoms with van der Waals surface area (Å²) in [4.78, 5) is 14.7. The van der Waals surface area contributed by atoms with Crippen molar-refractivity contribution in [2.24, 2.45) is 0 Å². The van der Waals surface area contributed by atoms with Crippen molar-refractivity contribution in [1.82, 2.24) is 10.2 Å². The highest BCUT2D eigenvalue weighted by atomic mass is 79.9. The second-order valence-electron chi connectivity index (χ2n) is 5.13. The monoisotopic (exact) mass is 308 g/mol. The summed E-state index contributed by atoms with van der Waals surface area (Å²) in [5.74, 6) is 0.321. The van der Waals surface area contributed by atoms with E-state index < -0.39 is 0 Å². The molecule has 1 aliphatic carbocycles. The third-order valence-electron chi connectivity index (χ3n) is 3.94. The Morgan fingerprint density at radius 3 is 2.61 bits per heavy atom. The van der Waals surface area contributed by atoms with Gasteiger partial charge < -0.3 is 10.2 Å². The number of benzene rings is 1. The maximum Gasteiger partial charge on any atom is 0.233 e. The molecule has 1 N–H and O–H groups in total. The van der Waals surface area contributed by atoms with Crippen LogP contribution < -0.4 is 5.32 Å². The van der Waals surface area contributed by atoms with Crippen LogP contribution in [0.5, 0.6) is 0 Å². The van der Waals surface area contributed by atoms with Crippen LogP contribution in [-0.4, -0.2) is 37.0 Å². The number of piperazine rings is 1. The van der Waals surface area contributed by atoms with E-state index in [9.17, 15) is 4.79 Å². The molecule has 3 nitrogen and oxygen atoms in total. The van der Waals surface area contributed by atoms with Gasteiger partial charge in [-0.05, 0) is 30.5 Å². The van der Waals surface area contributed by atoms with Gasteiger partial charge in [0.2, 0.25) is 5.91 Å². The highest BCUT2D eigenvalue weighted by Gasteiger charge is 2.53. The van der Waals surface area contributed by atoms with Crippen LogP contribution in [-0.2, 0) is 10.2 Å². The van der Waals surface area contributed by atoms with Crippen molar-refractivity contribution >= 4 is 21.8 Å². The van der Waals surface area contributed by atoms with E-state index in [0.717, 1.165) is 43.5 Å². The summed E-state index contributed by atoms with van der Waals surface area (Å²) < 4.78 is 1.05. The summed E-state index contributed by atoms with van der Waals surface area (Å²) in [6.07, 6.45) is 1.98. The van der Waals surface area contributed by atoms with Gasteiger partial charge in [-0.3, -0.25) is 4.79 Å². The summed E-state index contributed by atoms with van der Waals surface area (Å²) in [5, 5.41) is 3.29. The largest absolute Gasteiger partial charge is 0.339 e. The third kappa shape index (κ3) is 2.08. The smallest absolute Gasteiger partial charge is 0.233 e. The predicted molar refractivity (Wildman–Crippen MR) is 74.5 cm³/mol. The SMILES string of the molecule is O=C(N1CCNCC1)C1(c2cccc(Br)c2)CC1. The van der Waals surface area contributed by atoms with Crippen molar-refractivity contribution in [1.29, 1.82) is 0 Å². The van der Waals surface area contributed by atoms with E-state index in [1.165, 1.54) is 5.56 Å². The number of carbonyl (C=O) groups is 1. The first-order chi connectivity index (χ1) is 8.72. The van der Waals surface area contributed by atoms with Crippen molar-refractivity contribution in [3.8, 4) is 0 Å². The van der Waals surface area contributed by atoms with Crippen LogP contribution >= 0.6 is 15.9 Å². The molecule has 0 unspecified atom stereocenters.